The van der Waals surface area contributed by atoms with Crippen LogP contribution in [0.3, 0.4) is 0 Å². The molecule has 16 heavy (non-hydrogen) atoms. The fraction of sp³-hybridized carbons (Fsp3) is 0.417. The third kappa shape index (κ3) is 2.32. The van der Waals surface area contributed by atoms with Crippen LogP contribution >= 0.6 is 0 Å². The molecule has 0 radical (unpaired) electrons. The van der Waals surface area contributed by atoms with Crippen molar-refractivity contribution in [3.8, 4) is 5.75 Å². The van der Waals surface area contributed by atoms with E-state index in [4.69, 9.17) is 9.84 Å². The predicted octanol–water partition coefficient (Wildman–Crippen LogP) is 2.38. The van der Waals surface area contributed by atoms with Crippen LogP contribution in [-0.4, -0.2) is 17.2 Å². The molecule has 1 unspecified atom stereocenters. The average molecular weight is 224 g/mol. The van der Waals surface area contributed by atoms with E-state index in [1.807, 2.05) is 0 Å². The van der Waals surface area contributed by atoms with Crippen LogP contribution in [0.2, 0.25) is 0 Å². The van der Waals surface area contributed by atoms with E-state index in [1.54, 1.807) is 13.0 Å². The predicted molar refractivity (Wildman–Crippen MR) is 55.9 cm³/mol. The SMILES string of the molecule is Cc1ccc(F)cc1OC(C(=O)O)C1CC1. The van der Waals surface area contributed by atoms with Crippen LogP contribution in [0.4, 0.5) is 4.39 Å². The molecule has 1 aromatic carbocycles. The number of halogens is 1. The summed E-state index contributed by atoms with van der Waals surface area (Å²) < 4.78 is 18.4. The normalized spacial score (nSPS) is 16.9. The molecule has 1 aromatic rings. The lowest BCUT2D eigenvalue weighted by Gasteiger charge is -2.15. The molecule has 1 aliphatic rings. The molecule has 0 bridgehead atoms. The van der Waals surface area contributed by atoms with Crippen LogP contribution in [0.5, 0.6) is 5.75 Å². The lowest BCUT2D eigenvalue weighted by atomic mass is 10.2. The number of hydrogen-bond donors (Lipinski definition) is 1. The highest BCUT2D eigenvalue weighted by molar-refractivity contribution is 5.73. The van der Waals surface area contributed by atoms with Crippen LogP contribution in [-0.2, 0) is 4.79 Å². The average Bonchev–Trinajstić information content (AvgIpc) is 3.02. The van der Waals surface area contributed by atoms with E-state index < -0.39 is 17.9 Å². The molecular weight excluding hydrogens is 211 g/mol. The van der Waals surface area contributed by atoms with Gasteiger partial charge >= 0.3 is 5.97 Å². The Hall–Kier alpha value is -1.58. The molecule has 86 valence electrons. The zero-order valence-electron chi connectivity index (χ0n) is 8.94. The van der Waals surface area contributed by atoms with E-state index in [-0.39, 0.29) is 5.92 Å². The highest BCUT2D eigenvalue weighted by Crippen LogP contribution is 2.35. The maximum atomic E-state index is 13.0. The molecule has 1 atom stereocenters. The van der Waals surface area contributed by atoms with Gasteiger partial charge in [-0.25, -0.2) is 9.18 Å². The van der Waals surface area contributed by atoms with Crippen molar-refractivity contribution in [2.45, 2.75) is 25.9 Å². The Labute approximate surface area is 92.9 Å². The Morgan fingerprint density at radius 1 is 1.56 bits per heavy atom. The fourth-order valence-corrected chi connectivity index (χ4v) is 1.58. The van der Waals surface area contributed by atoms with Gasteiger partial charge in [-0.05, 0) is 31.4 Å². The number of aliphatic carboxylic acids is 1. The van der Waals surface area contributed by atoms with Crippen molar-refractivity contribution in [2.75, 3.05) is 0 Å². The minimum Gasteiger partial charge on any atom is -0.478 e. The Morgan fingerprint density at radius 2 is 2.25 bits per heavy atom. The lowest BCUT2D eigenvalue weighted by Crippen LogP contribution is -2.29. The summed E-state index contributed by atoms with van der Waals surface area (Å²) >= 11 is 0. The molecule has 0 heterocycles. The Bertz CT molecular complexity index is 413. The quantitative estimate of drug-likeness (QED) is 0.854. The van der Waals surface area contributed by atoms with E-state index in [0.29, 0.717) is 5.75 Å². The summed E-state index contributed by atoms with van der Waals surface area (Å²) in [5.74, 6) is -1.01. The topological polar surface area (TPSA) is 46.5 Å². The van der Waals surface area contributed by atoms with Crippen LogP contribution < -0.4 is 4.74 Å². The van der Waals surface area contributed by atoms with Gasteiger partial charge in [0.2, 0.25) is 0 Å². The maximum absolute atomic E-state index is 13.0. The molecule has 1 N–H and O–H groups in total. The number of rotatable bonds is 4. The van der Waals surface area contributed by atoms with Crippen LogP contribution in [0, 0.1) is 18.7 Å². The number of aryl methyl sites for hydroxylation is 1. The van der Waals surface area contributed by atoms with Gasteiger partial charge in [0.05, 0.1) is 0 Å². The zero-order chi connectivity index (χ0) is 11.7. The molecule has 3 nitrogen and oxygen atoms in total. The number of benzene rings is 1. The van der Waals surface area contributed by atoms with E-state index in [1.165, 1.54) is 12.1 Å². The summed E-state index contributed by atoms with van der Waals surface area (Å²) in [6.45, 7) is 1.76. The molecule has 1 saturated carbocycles. The monoisotopic (exact) mass is 224 g/mol. The second kappa shape index (κ2) is 4.12. The van der Waals surface area contributed by atoms with E-state index >= 15 is 0 Å². The first kappa shape index (κ1) is 10.9. The minimum atomic E-state index is -0.980. The third-order valence-corrected chi connectivity index (χ3v) is 2.70. The summed E-state index contributed by atoms with van der Waals surface area (Å²) in [5, 5.41) is 8.99. The van der Waals surface area contributed by atoms with Gasteiger partial charge in [0.15, 0.2) is 6.10 Å². The van der Waals surface area contributed by atoms with Gasteiger partial charge in [-0.3, -0.25) is 0 Å². The second-order valence-corrected chi connectivity index (χ2v) is 4.12. The molecule has 2 rings (SSSR count). The second-order valence-electron chi connectivity index (χ2n) is 4.12. The number of carboxylic acid groups (broad SMARTS) is 1. The Kier molecular flexibility index (Phi) is 2.81. The fourth-order valence-electron chi connectivity index (χ4n) is 1.58. The van der Waals surface area contributed by atoms with E-state index in [0.717, 1.165) is 18.4 Å². The molecule has 0 amide bonds. The van der Waals surface area contributed by atoms with Gasteiger partial charge in [0.1, 0.15) is 11.6 Å². The van der Waals surface area contributed by atoms with Gasteiger partial charge in [0, 0.05) is 12.0 Å². The maximum Gasteiger partial charge on any atom is 0.345 e. The minimum absolute atomic E-state index is 0.0696. The van der Waals surface area contributed by atoms with Gasteiger partial charge in [-0.1, -0.05) is 6.07 Å². The van der Waals surface area contributed by atoms with E-state index in [9.17, 15) is 9.18 Å². The summed E-state index contributed by atoms with van der Waals surface area (Å²) in [5.41, 5.74) is 0.744. The van der Waals surface area contributed by atoms with Crippen LogP contribution in [0.15, 0.2) is 18.2 Å². The first-order valence-electron chi connectivity index (χ1n) is 5.23. The van der Waals surface area contributed by atoms with Gasteiger partial charge in [-0.15, -0.1) is 0 Å². The molecule has 0 saturated heterocycles. The summed E-state index contributed by atoms with van der Waals surface area (Å²) in [7, 11) is 0. The largest absolute Gasteiger partial charge is 0.478 e. The Morgan fingerprint density at radius 3 is 2.81 bits per heavy atom. The van der Waals surface area contributed by atoms with Gasteiger partial charge in [0.25, 0.3) is 0 Å². The van der Waals surface area contributed by atoms with Crippen molar-refractivity contribution in [2.24, 2.45) is 5.92 Å². The van der Waals surface area contributed by atoms with Crippen LogP contribution in [0.1, 0.15) is 18.4 Å². The number of carboxylic acids is 1. The van der Waals surface area contributed by atoms with Crippen molar-refractivity contribution < 1.29 is 19.0 Å². The van der Waals surface area contributed by atoms with Crippen molar-refractivity contribution in [1.29, 1.82) is 0 Å². The van der Waals surface area contributed by atoms with E-state index in [2.05, 4.69) is 0 Å². The highest BCUT2D eigenvalue weighted by Gasteiger charge is 2.38. The summed E-state index contributed by atoms with van der Waals surface area (Å²) in [6, 6.07) is 4.14. The Balaban J connectivity index is 2.17. The number of ether oxygens (including phenoxy) is 1. The number of carbonyl (C=O) groups is 1. The summed E-state index contributed by atoms with van der Waals surface area (Å²) in [6.07, 6.45) is 0.886. The molecule has 0 spiro atoms. The smallest absolute Gasteiger partial charge is 0.345 e. The molecular formula is C12H13FO3. The highest BCUT2D eigenvalue weighted by atomic mass is 19.1. The van der Waals surface area contributed by atoms with Crippen molar-refractivity contribution in [1.82, 2.24) is 0 Å². The number of hydrogen-bond acceptors (Lipinski definition) is 2. The molecule has 0 aliphatic heterocycles. The van der Waals surface area contributed by atoms with Crippen molar-refractivity contribution in [3.05, 3.63) is 29.6 Å². The van der Waals surface area contributed by atoms with Crippen molar-refractivity contribution in [3.63, 3.8) is 0 Å². The molecule has 4 heteroatoms. The lowest BCUT2D eigenvalue weighted by molar-refractivity contribution is -0.146. The molecule has 0 aromatic heterocycles. The molecule has 1 fully saturated rings. The zero-order valence-corrected chi connectivity index (χ0v) is 8.94. The van der Waals surface area contributed by atoms with Gasteiger partial charge < -0.3 is 9.84 Å². The third-order valence-electron chi connectivity index (χ3n) is 2.70. The summed E-state index contributed by atoms with van der Waals surface area (Å²) in [4.78, 5) is 11.0. The first-order chi connectivity index (χ1) is 7.58. The molecule has 1 aliphatic carbocycles. The van der Waals surface area contributed by atoms with Crippen LogP contribution in [0.25, 0.3) is 0 Å². The van der Waals surface area contributed by atoms with Gasteiger partial charge in [-0.2, -0.15) is 0 Å². The standard InChI is InChI=1S/C12H13FO3/c1-7-2-5-9(13)6-10(7)16-11(12(14)15)8-3-4-8/h2,5-6,8,11H,3-4H2,1H3,(H,14,15). The van der Waals surface area contributed by atoms with Crippen molar-refractivity contribution >= 4 is 5.97 Å². The first-order valence-corrected chi connectivity index (χ1v) is 5.23.